The third kappa shape index (κ3) is 5.56. The van der Waals surface area contributed by atoms with E-state index >= 15 is 0 Å². The van der Waals surface area contributed by atoms with E-state index in [4.69, 9.17) is 14.2 Å². The molecule has 0 spiro atoms. The fourth-order valence-electron chi connectivity index (χ4n) is 4.75. The standard InChI is InChI=1S/C20H37NO10/c1-10(2)5-11-3-4-21(6-11)9-20(28)18(27)17(12(23)8-29-20)31-19-16(26)15(25)14(24)13(7-22)30-19/h10-19,22-28H,3-9H2,1-2H3/t11-,12?,13?,14?,15?,16?,17?,18?,19?,20?/m1/s1. The van der Waals surface area contributed by atoms with E-state index in [1.54, 1.807) is 0 Å². The van der Waals surface area contributed by atoms with Gasteiger partial charge in [0.1, 0.15) is 42.7 Å². The van der Waals surface area contributed by atoms with Gasteiger partial charge < -0.3 is 50.0 Å². The predicted molar refractivity (Wildman–Crippen MR) is 106 cm³/mol. The SMILES string of the molecule is CC(C)C[C@H]1CCN(CC2(O)OCC(O)C(OC3OC(CO)C(O)C(O)C3O)C2O)C1. The Hall–Kier alpha value is -0.440. The molecule has 3 aliphatic rings. The van der Waals surface area contributed by atoms with E-state index < -0.39 is 61.4 Å². The van der Waals surface area contributed by atoms with E-state index in [2.05, 4.69) is 13.8 Å². The summed E-state index contributed by atoms with van der Waals surface area (Å²) >= 11 is 0. The molecule has 0 amide bonds. The Morgan fingerprint density at radius 3 is 2.45 bits per heavy atom. The summed E-state index contributed by atoms with van der Waals surface area (Å²) in [7, 11) is 0. The topological polar surface area (TPSA) is 173 Å². The van der Waals surface area contributed by atoms with E-state index in [0.29, 0.717) is 11.8 Å². The highest BCUT2D eigenvalue weighted by Crippen LogP contribution is 2.32. The average molecular weight is 452 g/mol. The smallest absolute Gasteiger partial charge is 0.207 e. The first-order valence-electron chi connectivity index (χ1n) is 11.0. The summed E-state index contributed by atoms with van der Waals surface area (Å²) in [5.74, 6) is -0.947. The molecule has 9 unspecified atom stereocenters. The van der Waals surface area contributed by atoms with Crippen molar-refractivity contribution in [3.05, 3.63) is 0 Å². The van der Waals surface area contributed by atoms with Gasteiger partial charge in [-0.25, -0.2) is 0 Å². The summed E-state index contributed by atoms with van der Waals surface area (Å²) in [4.78, 5) is 2.00. The molecule has 0 aromatic carbocycles. The van der Waals surface area contributed by atoms with Gasteiger partial charge in [0, 0.05) is 6.54 Å². The van der Waals surface area contributed by atoms with E-state index in [9.17, 15) is 35.7 Å². The maximum Gasteiger partial charge on any atom is 0.207 e. The molecule has 10 atom stereocenters. The van der Waals surface area contributed by atoms with Crippen LogP contribution < -0.4 is 0 Å². The van der Waals surface area contributed by atoms with Crippen molar-refractivity contribution in [2.45, 2.75) is 81.5 Å². The van der Waals surface area contributed by atoms with E-state index in [-0.39, 0.29) is 13.2 Å². The van der Waals surface area contributed by atoms with Gasteiger partial charge in [-0.1, -0.05) is 13.8 Å². The lowest BCUT2D eigenvalue weighted by Gasteiger charge is -2.47. The number of rotatable bonds is 7. The summed E-state index contributed by atoms with van der Waals surface area (Å²) in [6.45, 7) is 4.89. The highest BCUT2D eigenvalue weighted by Gasteiger charge is 2.53. The van der Waals surface area contributed by atoms with Crippen LogP contribution in [-0.4, -0.2) is 128 Å². The monoisotopic (exact) mass is 451 g/mol. The molecule has 3 rings (SSSR count). The minimum Gasteiger partial charge on any atom is -0.394 e. The maximum atomic E-state index is 11.0. The molecule has 3 heterocycles. The van der Waals surface area contributed by atoms with Crippen molar-refractivity contribution in [1.82, 2.24) is 4.90 Å². The van der Waals surface area contributed by atoms with Crippen molar-refractivity contribution in [2.24, 2.45) is 11.8 Å². The van der Waals surface area contributed by atoms with Crippen LogP contribution in [0.3, 0.4) is 0 Å². The van der Waals surface area contributed by atoms with Gasteiger partial charge in [-0.05, 0) is 31.2 Å². The predicted octanol–water partition coefficient (Wildman–Crippen LogP) is -3.02. The van der Waals surface area contributed by atoms with Gasteiger partial charge in [-0.3, -0.25) is 4.90 Å². The van der Waals surface area contributed by atoms with Gasteiger partial charge in [0.2, 0.25) is 5.79 Å². The van der Waals surface area contributed by atoms with Crippen LogP contribution in [0.4, 0.5) is 0 Å². The van der Waals surface area contributed by atoms with Crippen molar-refractivity contribution < 1.29 is 50.0 Å². The van der Waals surface area contributed by atoms with Crippen molar-refractivity contribution in [3.8, 4) is 0 Å². The molecule has 182 valence electrons. The molecule has 7 N–H and O–H groups in total. The van der Waals surface area contributed by atoms with E-state index in [1.165, 1.54) is 0 Å². The van der Waals surface area contributed by atoms with Gasteiger partial charge in [0.05, 0.1) is 19.8 Å². The van der Waals surface area contributed by atoms with Gasteiger partial charge in [0.25, 0.3) is 0 Å². The largest absolute Gasteiger partial charge is 0.394 e. The Kier molecular flexibility index (Phi) is 8.31. The zero-order valence-electron chi connectivity index (χ0n) is 18.0. The summed E-state index contributed by atoms with van der Waals surface area (Å²) in [5.41, 5.74) is 0. The number of hydrogen-bond donors (Lipinski definition) is 7. The fraction of sp³-hybridized carbons (Fsp3) is 1.00. The van der Waals surface area contributed by atoms with Crippen LogP contribution in [0, 0.1) is 11.8 Å². The molecule has 11 nitrogen and oxygen atoms in total. The third-order valence-corrected chi connectivity index (χ3v) is 6.42. The lowest BCUT2D eigenvalue weighted by atomic mass is 9.95. The Morgan fingerprint density at radius 2 is 1.81 bits per heavy atom. The third-order valence-electron chi connectivity index (χ3n) is 6.42. The lowest BCUT2D eigenvalue weighted by Crippen LogP contribution is -2.67. The minimum absolute atomic E-state index is 0.0179. The number of aliphatic hydroxyl groups excluding tert-OH is 6. The lowest BCUT2D eigenvalue weighted by molar-refractivity contribution is -0.370. The first-order valence-corrected chi connectivity index (χ1v) is 11.0. The van der Waals surface area contributed by atoms with Crippen LogP contribution in [0.1, 0.15) is 26.7 Å². The average Bonchev–Trinajstić information content (AvgIpc) is 3.14. The Morgan fingerprint density at radius 1 is 1.10 bits per heavy atom. The number of aliphatic hydroxyl groups is 7. The molecular formula is C20H37NO10. The molecule has 11 heteroatoms. The maximum absolute atomic E-state index is 11.0. The molecule has 0 aromatic heterocycles. The molecule has 3 saturated heterocycles. The summed E-state index contributed by atoms with van der Waals surface area (Å²) in [5, 5.41) is 71.4. The molecule has 3 aliphatic heterocycles. The fourth-order valence-corrected chi connectivity index (χ4v) is 4.75. The highest BCUT2D eigenvalue weighted by molar-refractivity contribution is 4.97. The van der Waals surface area contributed by atoms with Gasteiger partial charge >= 0.3 is 0 Å². The number of hydrogen-bond acceptors (Lipinski definition) is 11. The van der Waals surface area contributed by atoms with Crippen LogP contribution in [0.5, 0.6) is 0 Å². The zero-order valence-corrected chi connectivity index (χ0v) is 18.0. The van der Waals surface area contributed by atoms with Crippen molar-refractivity contribution >= 4 is 0 Å². The van der Waals surface area contributed by atoms with Gasteiger partial charge in [-0.2, -0.15) is 0 Å². The molecule has 0 bridgehead atoms. The van der Waals surface area contributed by atoms with Gasteiger partial charge in [0.15, 0.2) is 6.29 Å². The Labute approximate surface area is 181 Å². The van der Waals surface area contributed by atoms with Crippen LogP contribution >= 0.6 is 0 Å². The van der Waals surface area contributed by atoms with Gasteiger partial charge in [-0.15, -0.1) is 0 Å². The Balaban J connectivity index is 1.65. The van der Waals surface area contributed by atoms with Crippen molar-refractivity contribution in [3.63, 3.8) is 0 Å². The number of ether oxygens (including phenoxy) is 3. The molecular weight excluding hydrogens is 414 g/mol. The number of β-amino-alcohol motifs (C(OH)–C–C–N with tert-alkyl or cyclic N) is 1. The summed E-state index contributed by atoms with van der Waals surface area (Å²) in [6, 6.07) is 0. The number of nitrogens with zero attached hydrogens (tertiary/aromatic N) is 1. The summed E-state index contributed by atoms with van der Waals surface area (Å²) in [6.07, 6.45) is -10.0. The van der Waals surface area contributed by atoms with E-state index in [1.807, 2.05) is 4.90 Å². The molecule has 0 radical (unpaired) electrons. The second-order valence-corrected chi connectivity index (χ2v) is 9.49. The summed E-state index contributed by atoms with van der Waals surface area (Å²) < 4.78 is 16.2. The second-order valence-electron chi connectivity index (χ2n) is 9.49. The van der Waals surface area contributed by atoms with Crippen LogP contribution in [0.15, 0.2) is 0 Å². The number of likely N-dealkylation sites (tertiary alicyclic amines) is 1. The van der Waals surface area contributed by atoms with E-state index in [0.717, 1.165) is 25.9 Å². The highest BCUT2D eigenvalue weighted by atomic mass is 16.7. The van der Waals surface area contributed by atoms with Crippen LogP contribution in [0.25, 0.3) is 0 Å². The molecule has 0 saturated carbocycles. The van der Waals surface area contributed by atoms with Crippen molar-refractivity contribution in [1.29, 1.82) is 0 Å². The van der Waals surface area contributed by atoms with Crippen LogP contribution in [0.2, 0.25) is 0 Å². The van der Waals surface area contributed by atoms with Crippen molar-refractivity contribution in [2.75, 3.05) is 32.8 Å². The first-order chi connectivity index (χ1) is 14.6. The molecule has 0 aromatic rings. The first kappa shape index (κ1) is 25.2. The molecule has 0 aliphatic carbocycles. The normalized spacial score (nSPS) is 47.2. The quantitative estimate of drug-likeness (QED) is 0.210. The van der Waals surface area contributed by atoms with Crippen LogP contribution in [-0.2, 0) is 14.2 Å². The minimum atomic E-state index is -2.01. The second kappa shape index (κ2) is 10.2. The molecule has 3 fully saturated rings. The molecule has 31 heavy (non-hydrogen) atoms. The zero-order chi connectivity index (χ0) is 22.9. The Bertz CT molecular complexity index is 580.